The van der Waals surface area contributed by atoms with Gasteiger partial charge in [0, 0.05) is 52.8 Å². The maximum atomic E-state index is 12.4. The van der Waals surface area contributed by atoms with Crippen LogP contribution in [0.25, 0.3) is 0 Å². The van der Waals surface area contributed by atoms with Crippen LogP contribution in [0.1, 0.15) is 56.4 Å². The molecule has 0 bridgehead atoms. The number of aliphatic imine (C=N–C) groups is 1. The minimum absolute atomic E-state index is 0.156. The van der Waals surface area contributed by atoms with Gasteiger partial charge in [0.1, 0.15) is 11.5 Å². The molecule has 0 saturated heterocycles. The van der Waals surface area contributed by atoms with E-state index in [-0.39, 0.29) is 11.3 Å². The van der Waals surface area contributed by atoms with Crippen LogP contribution in [0.2, 0.25) is 0 Å². The zero-order chi connectivity index (χ0) is 21.5. The highest BCUT2D eigenvalue weighted by Gasteiger charge is 2.27. The summed E-state index contributed by atoms with van der Waals surface area (Å²) >= 11 is 0. The lowest BCUT2D eigenvalue weighted by molar-refractivity contribution is 0.261. The Bertz CT molecular complexity index is 884. The van der Waals surface area contributed by atoms with Crippen molar-refractivity contribution in [2.75, 3.05) is 18.9 Å². The molecule has 1 aromatic carbocycles. The Hall–Kier alpha value is -2.28. The first kappa shape index (κ1) is 21.9. The molecule has 7 heteroatoms. The average Bonchev–Trinajstić information content (AvgIpc) is 3.32. The van der Waals surface area contributed by atoms with E-state index in [2.05, 4.69) is 22.8 Å². The number of para-hydroxylation sites is 1. The molecule has 2 heterocycles. The van der Waals surface area contributed by atoms with Gasteiger partial charge in [0.05, 0.1) is 18.9 Å². The molecule has 6 nitrogen and oxygen atoms in total. The number of nitrogens with one attached hydrogen (secondary N) is 2. The van der Waals surface area contributed by atoms with Crippen molar-refractivity contribution in [3.63, 3.8) is 0 Å². The number of ether oxygens (including phenoxy) is 1. The molecule has 0 amide bonds. The quantitative estimate of drug-likeness (QED) is 0.500. The monoisotopic (exact) mass is 443 g/mol. The lowest BCUT2D eigenvalue weighted by atomic mass is 9.95. The van der Waals surface area contributed by atoms with Gasteiger partial charge >= 0.3 is 0 Å². The number of fused-ring (bicyclic) bond motifs is 1. The van der Waals surface area contributed by atoms with Crippen molar-refractivity contribution in [2.24, 2.45) is 4.99 Å². The summed E-state index contributed by atoms with van der Waals surface area (Å²) in [4.78, 5) is 4.87. The van der Waals surface area contributed by atoms with Gasteiger partial charge in [0.15, 0.2) is 5.96 Å². The smallest absolute Gasteiger partial charge is 0.191 e. The number of rotatable bonds is 7. The third-order valence-electron chi connectivity index (χ3n) is 6.10. The van der Waals surface area contributed by atoms with Gasteiger partial charge in [-0.2, -0.15) is 0 Å². The number of hydrogen-bond donors (Lipinski definition) is 2. The van der Waals surface area contributed by atoms with Crippen LogP contribution in [0.5, 0.6) is 5.75 Å². The summed E-state index contributed by atoms with van der Waals surface area (Å²) in [7, 11) is -0.740. The highest BCUT2D eigenvalue weighted by molar-refractivity contribution is 7.85. The molecule has 4 atom stereocenters. The third-order valence-corrected chi connectivity index (χ3v) is 7.84. The fourth-order valence-electron chi connectivity index (χ4n) is 4.47. The molecule has 2 N–H and O–H groups in total. The van der Waals surface area contributed by atoms with E-state index in [0.29, 0.717) is 19.2 Å². The number of furan rings is 1. The van der Waals surface area contributed by atoms with E-state index in [1.54, 1.807) is 6.26 Å². The molecule has 0 spiro atoms. The molecule has 0 radical (unpaired) electrons. The van der Waals surface area contributed by atoms with Gasteiger partial charge in [-0.1, -0.05) is 31.5 Å². The van der Waals surface area contributed by atoms with Crippen molar-refractivity contribution in [1.82, 2.24) is 10.6 Å². The lowest BCUT2D eigenvalue weighted by Crippen LogP contribution is -2.48. The van der Waals surface area contributed by atoms with E-state index < -0.39 is 10.8 Å². The summed E-state index contributed by atoms with van der Waals surface area (Å²) in [6, 6.07) is 12.5. The first-order valence-electron chi connectivity index (χ1n) is 11.4. The Balaban J connectivity index is 1.46. The first-order valence-corrected chi connectivity index (χ1v) is 12.8. The molecule has 31 heavy (non-hydrogen) atoms. The molecule has 1 fully saturated rings. The van der Waals surface area contributed by atoms with Gasteiger partial charge in [-0.15, -0.1) is 0 Å². The second-order valence-corrected chi connectivity index (χ2v) is 10.2. The average molecular weight is 444 g/mol. The molecule has 2 aromatic rings. The van der Waals surface area contributed by atoms with Gasteiger partial charge in [-0.05, 0) is 37.5 Å². The Morgan fingerprint density at radius 2 is 2.06 bits per heavy atom. The SMILES string of the molecule is CCS(=O)C1CCCC(NC(=NCCc2ccco2)NC2CCOc3ccccc32)C1. The summed E-state index contributed by atoms with van der Waals surface area (Å²) in [6.07, 6.45) is 7.54. The summed E-state index contributed by atoms with van der Waals surface area (Å²) < 4.78 is 23.6. The zero-order valence-electron chi connectivity index (χ0n) is 18.2. The first-order chi connectivity index (χ1) is 15.2. The van der Waals surface area contributed by atoms with Crippen molar-refractivity contribution in [1.29, 1.82) is 0 Å². The normalized spacial score (nSPS) is 24.7. The fraction of sp³-hybridized carbons (Fsp3) is 0.542. The van der Waals surface area contributed by atoms with Crippen LogP contribution in [0, 0.1) is 0 Å². The summed E-state index contributed by atoms with van der Waals surface area (Å²) in [5, 5.41) is 7.59. The van der Waals surface area contributed by atoms with E-state index in [1.807, 2.05) is 31.2 Å². The van der Waals surface area contributed by atoms with Crippen LogP contribution in [0.3, 0.4) is 0 Å². The fourth-order valence-corrected chi connectivity index (χ4v) is 5.81. The van der Waals surface area contributed by atoms with Crippen molar-refractivity contribution in [2.45, 2.75) is 62.8 Å². The molecular formula is C24H33N3O3S. The maximum Gasteiger partial charge on any atom is 0.191 e. The lowest BCUT2D eigenvalue weighted by Gasteiger charge is -2.32. The zero-order valence-corrected chi connectivity index (χ0v) is 19.0. The molecular weight excluding hydrogens is 410 g/mol. The van der Waals surface area contributed by atoms with Gasteiger partial charge in [-0.25, -0.2) is 0 Å². The topological polar surface area (TPSA) is 75.9 Å². The van der Waals surface area contributed by atoms with Crippen molar-refractivity contribution in [3.8, 4) is 5.75 Å². The van der Waals surface area contributed by atoms with Crippen molar-refractivity contribution in [3.05, 3.63) is 54.0 Å². The second-order valence-electron chi connectivity index (χ2n) is 8.23. The minimum atomic E-state index is -0.740. The number of hydrogen-bond acceptors (Lipinski definition) is 4. The standard InChI is InChI=1S/C24H33N3O3S/c1-2-31(28)20-9-5-7-18(17-20)26-24(25-14-12-19-8-6-15-29-19)27-22-13-16-30-23-11-4-3-10-21(22)23/h3-4,6,8,10-11,15,18,20,22H,2,5,7,9,12-14,16-17H2,1H3,(H2,25,26,27). The van der Waals surface area contributed by atoms with Crippen LogP contribution >= 0.6 is 0 Å². The van der Waals surface area contributed by atoms with Crippen molar-refractivity contribution >= 4 is 16.8 Å². The molecule has 168 valence electrons. The van der Waals surface area contributed by atoms with E-state index in [9.17, 15) is 4.21 Å². The summed E-state index contributed by atoms with van der Waals surface area (Å²) in [6.45, 7) is 3.35. The maximum absolute atomic E-state index is 12.4. The van der Waals surface area contributed by atoms with Crippen LogP contribution in [-0.2, 0) is 17.2 Å². The Kier molecular flexibility index (Phi) is 7.67. The van der Waals surface area contributed by atoms with E-state index in [1.165, 1.54) is 5.56 Å². The van der Waals surface area contributed by atoms with Crippen LogP contribution < -0.4 is 15.4 Å². The second kappa shape index (κ2) is 10.8. The molecule has 2 aliphatic rings. The molecule has 4 rings (SSSR count). The molecule has 1 aliphatic carbocycles. The predicted molar refractivity (Wildman–Crippen MR) is 125 cm³/mol. The van der Waals surface area contributed by atoms with Gasteiger partial charge in [0.25, 0.3) is 0 Å². The van der Waals surface area contributed by atoms with Crippen LogP contribution in [-0.4, -0.2) is 40.4 Å². The molecule has 1 aromatic heterocycles. The van der Waals surface area contributed by atoms with Gasteiger partial charge < -0.3 is 19.8 Å². The number of benzene rings is 1. The Morgan fingerprint density at radius 3 is 2.90 bits per heavy atom. The number of guanidine groups is 1. The van der Waals surface area contributed by atoms with E-state index >= 15 is 0 Å². The Morgan fingerprint density at radius 1 is 1.16 bits per heavy atom. The van der Waals surface area contributed by atoms with E-state index in [0.717, 1.165) is 61.7 Å². The third kappa shape index (κ3) is 5.91. The predicted octanol–water partition coefficient (Wildman–Crippen LogP) is 3.96. The highest BCUT2D eigenvalue weighted by atomic mass is 32.2. The van der Waals surface area contributed by atoms with Crippen LogP contribution in [0.4, 0.5) is 0 Å². The minimum Gasteiger partial charge on any atom is -0.493 e. The van der Waals surface area contributed by atoms with E-state index in [4.69, 9.17) is 14.1 Å². The number of nitrogens with zero attached hydrogens (tertiary/aromatic N) is 1. The molecule has 1 aliphatic heterocycles. The Labute approximate surface area is 187 Å². The highest BCUT2D eigenvalue weighted by Crippen LogP contribution is 2.31. The van der Waals surface area contributed by atoms with Gasteiger partial charge in [-0.3, -0.25) is 9.20 Å². The van der Waals surface area contributed by atoms with Crippen molar-refractivity contribution < 1.29 is 13.4 Å². The molecule has 4 unspecified atom stereocenters. The summed E-state index contributed by atoms with van der Waals surface area (Å²) in [5.74, 6) is 3.44. The molecule has 1 saturated carbocycles. The largest absolute Gasteiger partial charge is 0.493 e. The summed E-state index contributed by atoms with van der Waals surface area (Å²) in [5.41, 5.74) is 1.17. The van der Waals surface area contributed by atoms with Crippen LogP contribution in [0.15, 0.2) is 52.1 Å². The van der Waals surface area contributed by atoms with Gasteiger partial charge in [0.2, 0.25) is 0 Å².